The highest BCUT2D eigenvalue weighted by molar-refractivity contribution is 6.16. The first-order valence-electron chi connectivity index (χ1n) is 9.38. The molecule has 2 aromatic carbocycles. The third-order valence-electron chi connectivity index (χ3n) is 5.29. The van der Waals surface area contributed by atoms with Crippen LogP contribution in [0.5, 0.6) is 0 Å². The van der Waals surface area contributed by atoms with E-state index in [4.69, 9.17) is 4.99 Å². The van der Waals surface area contributed by atoms with Gasteiger partial charge in [0.25, 0.3) is 0 Å². The largest absolute Gasteiger partial charge is 0.324 e. The third kappa shape index (κ3) is 3.37. The van der Waals surface area contributed by atoms with Crippen LogP contribution in [0.15, 0.2) is 47.5 Å². The van der Waals surface area contributed by atoms with Crippen molar-refractivity contribution in [3.8, 4) is 0 Å². The number of carbonyl (C=O) groups excluding carboxylic acids is 2. The molecule has 1 heterocycles. The molecule has 1 fully saturated rings. The fourth-order valence-electron chi connectivity index (χ4n) is 3.93. The summed E-state index contributed by atoms with van der Waals surface area (Å²) in [6, 6.07) is 13.5. The van der Waals surface area contributed by atoms with E-state index >= 15 is 0 Å². The van der Waals surface area contributed by atoms with E-state index in [9.17, 15) is 9.59 Å². The normalized spacial score (nSPS) is 18.4. The summed E-state index contributed by atoms with van der Waals surface area (Å²) in [5, 5.41) is 2.95. The summed E-state index contributed by atoms with van der Waals surface area (Å²) in [6.45, 7) is 3.97. The molecule has 1 aliphatic carbocycles. The standard InChI is InChI=1S/C22H23N3O2/c1-14-10-11-17(15(2)12-14)24-21(26)13-25-20-9-4-3-7-19(20)23-18-8-5-6-16(18)22(25)27/h3-4,7,9-12,16H,5-6,8,13H2,1-2H3,(H,24,26). The Morgan fingerprint density at radius 2 is 2.04 bits per heavy atom. The van der Waals surface area contributed by atoms with Crippen molar-refractivity contribution < 1.29 is 9.59 Å². The van der Waals surface area contributed by atoms with Crippen LogP contribution in [0.3, 0.4) is 0 Å². The lowest BCUT2D eigenvalue weighted by molar-refractivity contribution is -0.122. The van der Waals surface area contributed by atoms with E-state index in [2.05, 4.69) is 5.32 Å². The molecule has 2 aliphatic rings. The van der Waals surface area contributed by atoms with Crippen molar-refractivity contribution in [1.82, 2.24) is 0 Å². The van der Waals surface area contributed by atoms with Gasteiger partial charge in [-0.25, -0.2) is 0 Å². The number of aryl methyl sites for hydroxylation is 2. The van der Waals surface area contributed by atoms with Gasteiger partial charge in [-0.15, -0.1) is 0 Å². The molecule has 0 aromatic heterocycles. The number of nitrogens with zero attached hydrogens (tertiary/aromatic N) is 2. The molecular formula is C22H23N3O2. The number of carbonyl (C=O) groups is 2. The minimum atomic E-state index is -0.202. The molecule has 1 atom stereocenters. The lowest BCUT2D eigenvalue weighted by atomic mass is 10.1. The van der Waals surface area contributed by atoms with Gasteiger partial charge in [0.15, 0.2) is 0 Å². The maximum absolute atomic E-state index is 13.2. The van der Waals surface area contributed by atoms with Gasteiger partial charge >= 0.3 is 0 Å². The fraction of sp³-hybridized carbons (Fsp3) is 0.318. The van der Waals surface area contributed by atoms with E-state index in [1.54, 1.807) is 4.90 Å². The number of hydrogen-bond acceptors (Lipinski definition) is 3. The number of para-hydroxylation sites is 2. The Kier molecular flexibility index (Phi) is 4.52. The van der Waals surface area contributed by atoms with Crippen LogP contribution in [0.25, 0.3) is 0 Å². The van der Waals surface area contributed by atoms with Crippen molar-refractivity contribution in [2.45, 2.75) is 33.1 Å². The summed E-state index contributed by atoms with van der Waals surface area (Å²) in [7, 11) is 0. The number of amides is 2. The van der Waals surface area contributed by atoms with Gasteiger partial charge in [0.2, 0.25) is 11.8 Å². The molecule has 0 bridgehead atoms. The second-order valence-electron chi connectivity index (χ2n) is 7.33. The molecule has 0 saturated heterocycles. The Hall–Kier alpha value is -2.95. The van der Waals surface area contributed by atoms with Gasteiger partial charge in [0.1, 0.15) is 6.54 Å². The minimum absolute atomic E-state index is 0.0114. The highest BCUT2D eigenvalue weighted by Crippen LogP contribution is 2.37. The molecule has 5 heteroatoms. The monoisotopic (exact) mass is 361 g/mol. The number of aliphatic imine (C=N–C) groups is 1. The summed E-state index contributed by atoms with van der Waals surface area (Å²) in [4.78, 5) is 32.2. The number of anilines is 2. The summed E-state index contributed by atoms with van der Waals surface area (Å²) in [5.41, 5.74) is 5.36. The second kappa shape index (κ2) is 6.99. The van der Waals surface area contributed by atoms with Gasteiger partial charge < -0.3 is 10.2 Å². The summed E-state index contributed by atoms with van der Waals surface area (Å²) < 4.78 is 0. The number of hydrogen-bond donors (Lipinski definition) is 1. The SMILES string of the molecule is Cc1ccc(NC(=O)CN2C(=O)C3CCCC3=Nc3ccccc32)c(C)c1. The third-order valence-corrected chi connectivity index (χ3v) is 5.29. The molecule has 2 aromatic rings. The van der Waals surface area contributed by atoms with Gasteiger partial charge in [-0.1, -0.05) is 29.8 Å². The van der Waals surface area contributed by atoms with E-state index in [1.807, 2.05) is 56.3 Å². The van der Waals surface area contributed by atoms with Gasteiger partial charge in [0, 0.05) is 11.4 Å². The van der Waals surface area contributed by atoms with Crippen LogP contribution in [0.1, 0.15) is 30.4 Å². The van der Waals surface area contributed by atoms with Gasteiger partial charge in [-0.3, -0.25) is 14.6 Å². The molecule has 1 N–H and O–H groups in total. The van der Waals surface area contributed by atoms with Crippen molar-refractivity contribution in [2.75, 3.05) is 16.8 Å². The molecule has 2 amide bonds. The topological polar surface area (TPSA) is 61.8 Å². The van der Waals surface area contributed by atoms with Crippen molar-refractivity contribution in [3.05, 3.63) is 53.6 Å². The predicted molar refractivity (Wildman–Crippen MR) is 108 cm³/mol. The molecule has 0 spiro atoms. The summed E-state index contributed by atoms with van der Waals surface area (Å²) in [6.07, 6.45) is 2.63. The quantitative estimate of drug-likeness (QED) is 0.892. The minimum Gasteiger partial charge on any atom is -0.324 e. The number of nitrogens with one attached hydrogen (secondary N) is 1. The van der Waals surface area contributed by atoms with E-state index in [0.717, 1.165) is 47.5 Å². The van der Waals surface area contributed by atoms with Crippen molar-refractivity contribution in [1.29, 1.82) is 0 Å². The average molecular weight is 361 g/mol. The van der Waals surface area contributed by atoms with E-state index in [1.165, 1.54) is 0 Å². The first-order valence-corrected chi connectivity index (χ1v) is 9.38. The molecule has 138 valence electrons. The zero-order valence-electron chi connectivity index (χ0n) is 15.7. The zero-order valence-corrected chi connectivity index (χ0v) is 15.7. The summed E-state index contributed by atoms with van der Waals surface area (Å²) >= 11 is 0. The van der Waals surface area contributed by atoms with Gasteiger partial charge in [-0.05, 0) is 56.9 Å². The van der Waals surface area contributed by atoms with Crippen molar-refractivity contribution >= 4 is 34.6 Å². The number of benzene rings is 2. The first kappa shape index (κ1) is 17.5. The Bertz CT molecular complexity index is 948. The van der Waals surface area contributed by atoms with Crippen LogP contribution < -0.4 is 10.2 Å². The molecule has 1 saturated carbocycles. The van der Waals surface area contributed by atoms with Gasteiger partial charge in [0.05, 0.1) is 17.3 Å². The Balaban J connectivity index is 1.61. The zero-order chi connectivity index (χ0) is 19.0. The van der Waals surface area contributed by atoms with Crippen LogP contribution in [-0.4, -0.2) is 24.1 Å². The Morgan fingerprint density at radius 3 is 2.85 bits per heavy atom. The van der Waals surface area contributed by atoms with Crippen LogP contribution >= 0.6 is 0 Å². The van der Waals surface area contributed by atoms with Crippen LogP contribution in [-0.2, 0) is 9.59 Å². The molecule has 4 rings (SSSR count). The highest BCUT2D eigenvalue weighted by Gasteiger charge is 2.37. The molecule has 1 unspecified atom stereocenters. The predicted octanol–water partition coefficient (Wildman–Crippen LogP) is 4.16. The van der Waals surface area contributed by atoms with Crippen molar-refractivity contribution in [2.24, 2.45) is 10.9 Å². The molecule has 1 aliphatic heterocycles. The maximum atomic E-state index is 13.2. The smallest absolute Gasteiger partial charge is 0.244 e. The van der Waals surface area contributed by atoms with E-state index in [-0.39, 0.29) is 24.3 Å². The highest BCUT2D eigenvalue weighted by atomic mass is 16.2. The first-order chi connectivity index (χ1) is 13.0. The van der Waals surface area contributed by atoms with Crippen LogP contribution in [0.2, 0.25) is 0 Å². The molecular weight excluding hydrogens is 338 g/mol. The summed E-state index contributed by atoms with van der Waals surface area (Å²) in [5.74, 6) is -0.426. The lowest BCUT2D eigenvalue weighted by Gasteiger charge is -2.24. The number of rotatable bonds is 3. The Morgan fingerprint density at radius 1 is 1.22 bits per heavy atom. The van der Waals surface area contributed by atoms with Crippen LogP contribution in [0.4, 0.5) is 17.1 Å². The lowest BCUT2D eigenvalue weighted by Crippen LogP contribution is -2.41. The Labute approximate surface area is 159 Å². The fourth-order valence-corrected chi connectivity index (χ4v) is 3.93. The van der Waals surface area contributed by atoms with E-state index in [0.29, 0.717) is 5.69 Å². The van der Waals surface area contributed by atoms with E-state index < -0.39 is 0 Å². The number of fused-ring (bicyclic) bond motifs is 2. The second-order valence-corrected chi connectivity index (χ2v) is 7.33. The average Bonchev–Trinajstić information content (AvgIpc) is 3.06. The van der Waals surface area contributed by atoms with Crippen LogP contribution in [0, 0.1) is 19.8 Å². The molecule has 5 nitrogen and oxygen atoms in total. The maximum Gasteiger partial charge on any atom is 0.244 e. The van der Waals surface area contributed by atoms with Crippen molar-refractivity contribution in [3.63, 3.8) is 0 Å². The molecule has 0 radical (unpaired) electrons. The molecule has 27 heavy (non-hydrogen) atoms. The van der Waals surface area contributed by atoms with Gasteiger partial charge in [-0.2, -0.15) is 0 Å².